The van der Waals surface area contributed by atoms with Crippen LogP contribution in [0.4, 0.5) is 0 Å². The Morgan fingerprint density at radius 2 is 1.28 bits per heavy atom. The normalized spacial score (nSPS) is 18.2. The van der Waals surface area contributed by atoms with Crippen molar-refractivity contribution < 1.29 is 4.79 Å². The van der Waals surface area contributed by atoms with Crippen molar-refractivity contribution in [2.45, 2.75) is 0 Å². The molecule has 3 rings (SSSR count). The molecule has 1 fully saturated rings. The highest BCUT2D eigenvalue weighted by Gasteiger charge is 2.21. The summed E-state index contributed by atoms with van der Waals surface area (Å²) >= 11 is 19.3. The zero-order valence-corrected chi connectivity index (χ0v) is 17.6. The average Bonchev–Trinajstić information content (AvgIpc) is 2.58. The first kappa shape index (κ1) is 18.9. The third-order valence-corrected chi connectivity index (χ3v) is 5.46. The Kier molecular flexibility index (Phi) is 6.18. The number of hydrogen-bond acceptors (Lipinski definition) is 2. The largest absolute Gasteiger partial charge is 0.308 e. The van der Waals surface area contributed by atoms with Crippen LogP contribution in [0.1, 0.15) is 11.1 Å². The number of benzene rings is 2. The van der Waals surface area contributed by atoms with E-state index in [1.807, 2.05) is 36.4 Å². The number of piperidine rings is 1. The molecule has 2 aromatic rings. The Labute approximate surface area is 173 Å². The van der Waals surface area contributed by atoms with Crippen LogP contribution in [0.3, 0.4) is 0 Å². The van der Waals surface area contributed by atoms with Crippen LogP contribution in [0.25, 0.3) is 12.2 Å². The second-order valence-electron chi connectivity index (χ2n) is 5.60. The van der Waals surface area contributed by atoms with Crippen molar-refractivity contribution in [2.75, 3.05) is 13.1 Å². The zero-order valence-electron chi connectivity index (χ0n) is 13.0. The molecule has 1 N–H and O–H groups in total. The van der Waals surface area contributed by atoms with Crippen LogP contribution in [0.5, 0.6) is 0 Å². The highest BCUT2D eigenvalue weighted by molar-refractivity contribution is 9.10. The van der Waals surface area contributed by atoms with Gasteiger partial charge in [0.25, 0.3) is 0 Å². The third-order valence-electron chi connectivity index (χ3n) is 3.79. The minimum absolute atomic E-state index is 0.00540. The Hall–Kier alpha value is -0.910. The van der Waals surface area contributed by atoms with Crippen LogP contribution in [0, 0.1) is 0 Å². The van der Waals surface area contributed by atoms with Crippen molar-refractivity contribution >= 4 is 73.0 Å². The van der Waals surface area contributed by atoms with Crippen LogP contribution in [-0.2, 0) is 4.79 Å². The van der Waals surface area contributed by atoms with Gasteiger partial charge >= 0.3 is 0 Å². The molecule has 2 nitrogen and oxygen atoms in total. The molecule has 6 heteroatoms. The summed E-state index contributed by atoms with van der Waals surface area (Å²) in [5.41, 5.74) is 2.96. The topological polar surface area (TPSA) is 29.1 Å². The molecule has 1 aliphatic rings. The Morgan fingerprint density at radius 3 is 1.72 bits per heavy atom. The SMILES string of the molecule is O=C1C(=Cc2cc(Br)ccc2Cl)CNCC1=Cc1cc(Br)ccc1Cl. The molecule has 0 aliphatic carbocycles. The predicted molar refractivity (Wildman–Crippen MR) is 112 cm³/mol. The highest BCUT2D eigenvalue weighted by Crippen LogP contribution is 2.27. The fourth-order valence-electron chi connectivity index (χ4n) is 2.56. The van der Waals surface area contributed by atoms with E-state index >= 15 is 0 Å². The summed E-state index contributed by atoms with van der Waals surface area (Å²) in [4.78, 5) is 12.8. The van der Waals surface area contributed by atoms with Gasteiger partial charge in [-0.3, -0.25) is 4.79 Å². The molecule has 2 aromatic carbocycles. The van der Waals surface area contributed by atoms with Gasteiger partial charge in [-0.25, -0.2) is 0 Å². The maximum atomic E-state index is 12.8. The van der Waals surface area contributed by atoms with Crippen molar-refractivity contribution in [2.24, 2.45) is 0 Å². The summed E-state index contributed by atoms with van der Waals surface area (Å²) in [5, 5.41) is 4.47. The molecule has 0 spiro atoms. The second kappa shape index (κ2) is 8.19. The van der Waals surface area contributed by atoms with Gasteiger partial charge in [0, 0.05) is 43.2 Å². The van der Waals surface area contributed by atoms with E-state index < -0.39 is 0 Å². The molecule has 25 heavy (non-hydrogen) atoms. The molecular weight excluding hydrogens is 489 g/mol. The number of ketones is 1. The van der Waals surface area contributed by atoms with E-state index in [9.17, 15) is 4.79 Å². The van der Waals surface area contributed by atoms with E-state index in [0.29, 0.717) is 34.3 Å². The summed E-state index contributed by atoms with van der Waals surface area (Å²) in [5.74, 6) is 0.00540. The summed E-state index contributed by atoms with van der Waals surface area (Å²) in [6.07, 6.45) is 3.66. The van der Waals surface area contributed by atoms with E-state index in [4.69, 9.17) is 23.2 Å². The lowest BCUT2D eigenvalue weighted by atomic mass is 9.95. The van der Waals surface area contributed by atoms with Gasteiger partial charge in [0.1, 0.15) is 0 Å². The van der Waals surface area contributed by atoms with Crippen molar-refractivity contribution in [3.63, 3.8) is 0 Å². The zero-order chi connectivity index (χ0) is 18.0. The molecule has 0 radical (unpaired) electrons. The van der Waals surface area contributed by atoms with E-state index in [1.165, 1.54) is 0 Å². The number of hydrogen-bond donors (Lipinski definition) is 1. The smallest absolute Gasteiger partial charge is 0.187 e. The van der Waals surface area contributed by atoms with E-state index in [-0.39, 0.29) is 5.78 Å². The third kappa shape index (κ3) is 4.63. The monoisotopic (exact) mass is 499 g/mol. The minimum atomic E-state index is 0.00540. The molecule has 1 saturated heterocycles. The molecular formula is C19H13Br2Cl2NO. The standard InChI is InChI=1S/C19H13Br2Cl2NO/c20-15-1-3-17(22)11(7-15)5-13-9-24-10-14(19(13)25)6-12-8-16(21)2-4-18(12)23/h1-8,24H,9-10H2. The first-order valence-corrected chi connectivity index (χ1v) is 9.85. The molecule has 0 saturated carbocycles. The first-order chi connectivity index (χ1) is 11.9. The maximum absolute atomic E-state index is 12.8. The Bertz CT molecular complexity index is 835. The Balaban J connectivity index is 1.96. The molecule has 128 valence electrons. The van der Waals surface area contributed by atoms with Crippen molar-refractivity contribution in [3.05, 3.63) is 77.7 Å². The van der Waals surface area contributed by atoms with Crippen LogP contribution in [0.15, 0.2) is 56.5 Å². The lowest BCUT2D eigenvalue weighted by Gasteiger charge is -2.18. The second-order valence-corrected chi connectivity index (χ2v) is 8.25. The van der Waals surface area contributed by atoms with Crippen molar-refractivity contribution in [1.29, 1.82) is 0 Å². The maximum Gasteiger partial charge on any atom is 0.187 e. The van der Waals surface area contributed by atoms with Gasteiger partial charge in [-0.05, 0) is 59.7 Å². The van der Waals surface area contributed by atoms with Crippen LogP contribution in [-0.4, -0.2) is 18.9 Å². The van der Waals surface area contributed by atoms with Gasteiger partial charge in [0.05, 0.1) is 0 Å². The van der Waals surface area contributed by atoms with Gasteiger partial charge in [-0.15, -0.1) is 0 Å². The van der Waals surface area contributed by atoms with Crippen LogP contribution in [0.2, 0.25) is 10.0 Å². The van der Waals surface area contributed by atoms with Crippen molar-refractivity contribution in [3.8, 4) is 0 Å². The van der Waals surface area contributed by atoms with Crippen LogP contribution >= 0.6 is 55.1 Å². The fourth-order valence-corrected chi connectivity index (χ4v) is 3.66. The number of Topliss-reactive ketones (excluding diaryl/α,β-unsaturated/α-hetero) is 1. The number of halogens is 4. The molecule has 1 aliphatic heterocycles. The molecule has 0 atom stereocenters. The predicted octanol–water partition coefficient (Wildman–Crippen LogP) is 6.16. The van der Waals surface area contributed by atoms with Crippen molar-refractivity contribution in [1.82, 2.24) is 5.32 Å². The lowest BCUT2D eigenvalue weighted by molar-refractivity contribution is -0.112. The quantitative estimate of drug-likeness (QED) is 0.499. The summed E-state index contributed by atoms with van der Waals surface area (Å²) < 4.78 is 1.83. The molecule has 0 bridgehead atoms. The average molecular weight is 502 g/mol. The van der Waals surface area contributed by atoms with E-state index in [1.54, 1.807) is 12.1 Å². The van der Waals surface area contributed by atoms with E-state index in [0.717, 1.165) is 20.1 Å². The molecule has 1 heterocycles. The summed E-state index contributed by atoms with van der Waals surface area (Å²) in [6, 6.07) is 11.1. The van der Waals surface area contributed by atoms with Gasteiger partial charge in [-0.1, -0.05) is 55.1 Å². The van der Waals surface area contributed by atoms with E-state index in [2.05, 4.69) is 37.2 Å². The lowest BCUT2D eigenvalue weighted by Crippen LogP contribution is -2.32. The number of rotatable bonds is 2. The number of carbonyl (C=O) groups is 1. The number of nitrogens with one attached hydrogen (secondary N) is 1. The molecule has 0 aromatic heterocycles. The van der Waals surface area contributed by atoms with Crippen LogP contribution < -0.4 is 5.32 Å². The summed E-state index contributed by atoms with van der Waals surface area (Å²) in [7, 11) is 0. The van der Waals surface area contributed by atoms with Gasteiger partial charge in [0.15, 0.2) is 5.78 Å². The Morgan fingerprint density at radius 1 is 0.840 bits per heavy atom. The van der Waals surface area contributed by atoms with Gasteiger partial charge in [0.2, 0.25) is 0 Å². The fraction of sp³-hybridized carbons (Fsp3) is 0.105. The van der Waals surface area contributed by atoms with Gasteiger partial charge < -0.3 is 5.32 Å². The minimum Gasteiger partial charge on any atom is -0.308 e. The number of carbonyl (C=O) groups excluding carboxylic acids is 1. The molecule has 0 unspecified atom stereocenters. The first-order valence-electron chi connectivity index (χ1n) is 7.51. The summed E-state index contributed by atoms with van der Waals surface area (Å²) in [6.45, 7) is 1.01. The molecule has 0 amide bonds. The van der Waals surface area contributed by atoms with Gasteiger partial charge in [-0.2, -0.15) is 0 Å². The highest BCUT2D eigenvalue weighted by atomic mass is 79.9.